The van der Waals surface area contributed by atoms with Crippen LogP contribution in [0.15, 0.2) is 42.7 Å². The minimum atomic E-state index is -0.514. The first kappa shape index (κ1) is 16.4. The molecule has 2 heterocycles. The van der Waals surface area contributed by atoms with E-state index in [9.17, 15) is 14.3 Å². The van der Waals surface area contributed by atoms with Crippen LogP contribution >= 0.6 is 0 Å². The maximum absolute atomic E-state index is 14.1. The fourth-order valence-electron chi connectivity index (χ4n) is 2.50. The zero-order valence-electron chi connectivity index (χ0n) is 12.9. The van der Waals surface area contributed by atoms with E-state index in [1.165, 1.54) is 18.3 Å². The van der Waals surface area contributed by atoms with Crippen LogP contribution in [0.3, 0.4) is 0 Å². The molecule has 3 rings (SSSR count). The van der Waals surface area contributed by atoms with Crippen molar-refractivity contribution in [3.05, 3.63) is 54.1 Å². The first-order chi connectivity index (χ1) is 11.6. The Morgan fingerprint density at radius 3 is 3.00 bits per heavy atom. The number of carbonyl (C=O) groups excluding carboxylic acids is 1. The molecule has 0 spiro atoms. The molecule has 1 aliphatic heterocycles. The first-order valence-corrected chi connectivity index (χ1v) is 7.67. The summed E-state index contributed by atoms with van der Waals surface area (Å²) in [6.45, 7) is 0.615. The number of rotatable bonds is 5. The molecular weight excluding hydrogens is 313 g/mol. The number of pyridine rings is 1. The Labute approximate surface area is 138 Å². The fraction of sp³-hybridized carbons (Fsp3) is 0.294. The Morgan fingerprint density at radius 2 is 2.33 bits per heavy atom. The maximum atomic E-state index is 14.1. The molecule has 1 fully saturated rings. The normalized spacial score (nSPS) is 19.9. The molecule has 3 N–H and O–H groups in total. The lowest BCUT2D eigenvalue weighted by atomic mass is 10.1. The van der Waals surface area contributed by atoms with E-state index in [4.69, 9.17) is 4.74 Å². The summed E-state index contributed by atoms with van der Waals surface area (Å²) in [7, 11) is 0. The lowest BCUT2D eigenvalue weighted by molar-refractivity contribution is -0.123. The van der Waals surface area contributed by atoms with Crippen molar-refractivity contribution in [3.63, 3.8) is 0 Å². The summed E-state index contributed by atoms with van der Waals surface area (Å²) >= 11 is 0. The molecule has 0 radical (unpaired) electrons. The van der Waals surface area contributed by atoms with Crippen molar-refractivity contribution in [2.75, 3.05) is 6.54 Å². The van der Waals surface area contributed by atoms with E-state index < -0.39 is 18.0 Å². The van der Waals surface area contributed by atoms with Crippen LogP contribution < -0.4 is 15.4 Å². The molecule has 0 aliphatic carbocycles. The highest BCUT2D eigenvalue weighted by molar-refractivity contribution is 5.82. The van der Waals surface area contributed by atoms with Crippen molar-refractivity contribution in [2.24, 2.45) is 0 Å². The van der Waals surface area contributed by atoms with Crippen molar-refractivity contribution in [1.82, 2.24) is 15.6 Å². The second-order valence-corrected chi connectivity index (χ2v) is 5.62. The van der Waals surface area contributed by atoms with Crippen LogP contribution in [0.25, 0.3) is 0 Å². The molecule has 1 saturated heterocycles. The summed E-state index contributed by atoms with van der Waals surface area (Å²) in [5, 5.41) is 15.1. The lowest BCUT2D eigenvalue weighted by Gasteiger charge is -2.12. The second kappa shape index (κ2) is 7.37. The van der Waals surface area contributed by atoms with Crippen LogP contribution in [0.5, 0.6) is 11.5 Å². The molecule has 1 aromatic carbocycles. The van der Waals surface area contributed by atoms with E-state index >= 15 is 0 Å². The van der Waals surface area contributed by atoms with Gasteiger partial charge >= 0.3 is 0 Å². The highest BCUT2D eigenvalue weighted by atomic mass is 19.1. The molecule has 0 unspecified atom stereocenters. The Balaban J connectivity index is 1.57. The number of β-amino-alcohol motifs (C(OH)–C–C–N with tert-alkyl or cyclic N) is 1. The summed E-state index contributed by atoms with van der Waals surface area (Å²) in [4.78, 5) is 15.8. The number of nitrogens with one attached hydrogen (secondary N) is 2. The number of hydrogen-bond acceptors (Lipinski definition) is 5. The van der Waals surface area contributed by atoms with Gasteiger partial charge in [-0.3, -0.25) is 9.78 Å². The van der Waals surface area contributed by atoms with Gasteiger partial charge in [-0.05, 0) is 36.2 Å². The van der Waals surface area contributed by atoms with Gasteiger partial charge in [-0.25, -0.2) is 4.39 Å². The molecular formula is C17H18FN3O3. The van der Waals surface area contributed by atoms with E-state index in [1.54, 1.807) is 24.4 Å². The first-order valence-electron chi connectivity index (χ1n) is 7.67. The molecule has 24 heavy (non-hydrogen) atoms. The minimum Gasteiger partial charge on any atom is -0.453 e. The zero-order chi connectivity index (χ0) is 16.9. The topological polar surface area (TPSA) is 83.5 Å². The summed E-state index contributed by atoms with van der Waals surface area (Å²) in [6.07, 6.45) is 2.99. The van der Waals surface area contributed by atoms with Crippen molar-refractivity contribution < 1.29 is 19.0 Å². The maximum Gasteiger partial charge on any atom is 0.237 e. The van der Waals surface area contributed by atoms with Gasteiger partial charge < -0.3 is 20.5 Å². The number of aliphatic hydroxyl groups excluding tert-OH is 1. The van der Waals surface area contributed by atoms with Gasteiger partial charge in [0.25, 0.3) is 0 Å². The van der Waals surface area contributed by atoms with Crippen molar-refractivity contribution in [1.29, 1.82) is 0 Å². The number of ether oxygens (including phenoxy) is 1. The Bertz CT molecular complexity index is 711. The van der Waals surface area contributed by atoms with E-state index in [0.717, 1.165) is 0 Å². The largest absolute Gasteiger partial charge is 0.453 e. The molecule has 0 saturated carbocycles. The van der Waals surface area contributed by atoms with Crippen molar-refractivity contribution in [3.8, 4) is 11.5 Å². The number of hydrogen-bond donors (Lipinski definition) is 3. The molecule has 6 nitrogen and oxygen atoms in total. The molecule has 1 aromatic heterocycles. The van der Waals surface area contributed by atoms with Gasteiger partial charge in [-0.2, -0.15) is 0 Å². The van der Waals surface area contributed by atoms with E-state index in [-0.39, 0.29) is 18.2 Å². The molecule has 1 amide bonds. The molecule has 1 aliphatic rings. The predicted octanol–water partition coefficient (Wildman–Crippen LogP) is 1.35. The Morgan fingerprint density at radius 1 is 1.46 bits per heavy atom. The third-order valence-corrected chi connectivity index (χ3v) is 3.75. The standard InChI is InChI=1S/C17H18FN3O3/c18-14-6-11(8-21-17(23)15-7-12(22)9-20-15)3-4-16(14)24-13-2-1-5-19-10-13/h1-6,10,12,15,20,22H,7-9H2,(H,21,23)/t12-,15+/m0/s1. The van der Waals surface area contributed by atoms with Gasteiger partial charge in [0, 0.05) is 19.3 Å². The average Bonchev–Trinajstić information content (AvgIpc) is 3.02. The van der Waals surface area contributed by atoms with Crippen LogP contribution in [-0.4, -0.2) is 34.7 Å². The zero-order valence-corrected chi connectivity index (χ0v) is 12.9. The number of amides is 1. The van der Waals surface area contributed by atoms with Gasteiger partial charge in [0.1, 0.15) is 5.75 Å². The smallest absolute Gasteiger partial charge is 0.237 e. The van der Waals surface area contributed by atoms with E-state index in [0.29, 0.717) is 24.3 Å². The summed E-state index contributed by atoms with van der Waals surface area (Å²) in [6, 6.07) is 7.50. The van der Waals surface area contributed by atoms with Crippen LogP contribution in [-0.2, 0) is 11.3 Å². The molecule has 2 aromatic rings. The average molecular weight is 331 g/mol. The summed E-state index contributed by atoms with van der Waals surface area (Å²) < 4.78 is 19.5. The monoisotopic (exact) mass is 331 g/mol. The van der Waals surface area contributed by atoms with Crippen LogP contribution in [0, 0.1) is 5.82 Å². The van der Waals surface area contributed by atoms with Gasteiger partial charge in [0.05, 0.1) is 18.3 Å². The number of carbonyl (C=O) groups is 1. The number of aliphatic hydroxyl groups is 1. The third kappa shape index (κ3) is 4.06. The van der Waals surface area contributed by atoms with Crippen LogP contribution in [0.2, 0.25) is 0 Å². The highest BCUT2D eigenvalue weighted by Gasteiger charge is 2.27. The predicted molar refractivity (Wildman–Crippen MR) is 85.0 cm³/mol. The molecule has 126 valence electrons. The molecule has 2 atom stereocenters. The minimum absolute atomic E-state index is 0.0960. The van der Waals surface area contributed by atoms with Gasteiger partial charge in [0.15, 0.2) is 11.6 Å². The summed E-state index contributed by atoms with van der Waals surface area (Å²) in [5.74, 6) is -0.176. The van der Waals surface area contributed by atoms with E-state index in [2.05, 4.69) is 15.6 Å². The van der Waals surface area contributed by atoms with E-state index in [1.807, 2.05) is 0 Å². The molecule has 7 heteroatoms. The SMILES string of the molecule is O=C(NCc1ccc(Oc2cccnc2)c(F)c1)[C@H]1C[C@H](O)CN1. The lowest BCUT2D eigenvalue weighted by Crippen LogP contribution is -2.40. The Kier molecular flexibility index (Phi) is 5.02. The van der Waals surface area contributed by atoms with Crippen LogP contribution in [0.4, 0.5) is 4.39 Å². The Hall–Kier alpha value is -2.51. The van der Waals surface area contributed by atoms with Gasteiger partial charge in [-0.1, -0.05) is 6.07 Å². The quantitative estimate of drug-likeness (QED) is 0.770. The van der Waals surface area contributed by atoms with Crippen molar-refractivity contribution in [2.45, 2.75) is 25.1 Å². The van der Waals surface area contributed by atoms with Gasteiger partial charge in [0.2, 0.25) is 5.91 Å². The number of nitrogens with zero attached hydrogens (tertiary/aromatic N) is 1. The summed E-state index contributed by atoms with van der Waals surface area (Å²) in [5.41, 5.74) is 0.623. The number of halogens is 1. The number of aromatic nitrogens is 1. The van der Waals surface area contributed by atoms with Gasteiger partial charge in [-0.15, -0.1) is 0 Å². The number of benzene rings is 1. The van der Waals surface area contributed by atoms with Crippen molar-refractivity contribution >= 4 is 5.91 Å². The molecule has 0 bridgehead atoms. The highest BCUT2D eigenvalue weighted by Crippen LogP contribution is 2.24. The third-order valence-electron chi connectivity index (χ3n) is 3.75. The van der Waals surface area contributed by atoms with Crippen LogP contribution in [0.1, 0.15) is 12.0 Å². The fourth-order valence-corrected chi connectivity index (χ4v) is 2.50. The second-order valence-electron chi connectivity index (χ2n) is 5.62.